The number of phenols is 1. The van der Waals surface area contributed by atoms with Crippen molar-refractivity contribution in [1.29, 1.82) is 0 Å². The minimum Gasteiger partial charge on any atom is -0.508 e. The molecule has 0 saturated heterocycles. The van der Waals surface area contributed by atoms with E-state index >= 15 is 0 Å². The first-order valence-electron chi connectivity index (χ1n) is 12.5. The number of carbonyl (C=O) groups is 2. The molecule has 1 heterocycles. The van der Waals surface area contributed by atoms with Crippen LogP contribution in [-0.4, -0.2) is 44.6 Å². The fourth-order valence-corrected chi connectivity index (χ4v) is 4.21. The van der Waals surface area contributed by atoms with Gasteiger partial charge in [0.25, 0.3) is 0 Å². The van der Waals surface area contributed by atoms with E-state index in [9.17, 15) is 14.7 Å². The number of aryl methyl sites for hydroxylation is 1. The van der Waals surface area contributed by atoms with Crippen LogP contribution in [0.1, 0.15) is 44.4 Å². The van der Waals surface area contributed by atoms with Gasteiger partial charge in [0.1, 0.15) is 29.6 Å². The highest BCUT2D eigenvalue weighted by Gasteiger charge is 2.36. The van der Waals surface area contributed by atoms with E-state index in [4.69, 9.17) is 4.74 Å². The molecule has 9 nitrogen and oxygen atoms in total. The molecule has 2 amide bonds. The first-order valence-corrected chi connectivity index (χ1v) is 12.5. The van der Waals surface area contributed by atoms with Crippen molar-refractivity contribution in [2.75, 3.05) is 12.0 Å². The first-order chi connectivity index (χ1) is 18.1. The lowest BCUT2D eigenvalue weighted by Crippen LogP contribution is -2.51. The molecule has 4 aromatic rings. The Bertz CT molecular complexity index is 1450. The highest BCUT2D eigenvalue weighted by molar-refractivity contribution is 6.02. The maximum absolute atomic E-state index is 14.2. The number of methoxy groups -OCH3 is 1. The summed E-state index contributed by atoms with van der Waals surface area (Å²) in [5.41, 5.74) is 2.73. The second kappa shape index (κ2) is 10.9. The molecule has 0 aliphatic rings. The number of carbonyl (C=O) groups excluding carboxylic acids is 2. The number of ether oxygens (including phenoxy) is 1. The number of rotatable bonds is 9. The topological polar surface area (TPSA) is 110 Å². The van der Waals surface area contributed by atoms with E-state index in [0.717, 1.165) is 5.56 Å². The van der Waals surface area contributed by atoms with Crippen molar-refractivity contribution in [3.8, 4) is 11.5 Å². The molecule has 0 fully saturated rings. The number of nitrogens with one attached hydrogen (secondary N) is 1. The zero-order valence-corrected chi connectivity index (χ0v) is 22.3. The van der Waals surface area contributed by atoms with Crippen LogP contribution in [0.25, 0.3) is 11.0 Å². The smallest absolute Gasteiger partial charge is 0.249 e. The summed E-state index contributed by atoms with van der Waals surface area (Å²) in [5, 5.41) is 21.4. The van der Waals surface area contributed by atoms with Gasteiger partial charge >= 0.3 is 0 Å². The van der Waals surface area contributed by atoms with Crippen LogP contribution in [0.2, 0.25) is 0 Å². The van der Waals surface area contributed by atoms with Crippen LogP contribution in [0.4, 0.5) is 5.69 Å². The van der Waals surface area contributed by atoms with Crippen LogP contribution in [-0.2, 0) is 16.1 Å². The van der Waals surface area contributed by atoms with Crippen molar-refractivity contribution < 1.29 is 19.4 Å². The molecule has 0 bridgehead atoms. The molecular formula is C29H33N5O4. The molecular weight excluding hydrogens is 482 g/mol. The second-order valence-electron chi connectivity index (χ2n) is 9.90. The first kappa shape index (κ1) is 26.7. The van der Waals surface area contributed by atoms with Gasteiger partial charge in [0.15, 0.2) is 0 Å². The number of aromatic nitrogens is 3. The number of benzene rings is 3. The Morgan fingerprint density at radius 2 is 1.82 bits per heavy atom. The van der Waals surface area contributed by atoms with Gasteiger partial charge in [-0.05, 0) is 74.7 Å². The molecule has 2 N–H and O–H groups in total. The number of nitrogens with zero attached hydrogens (tertiary/aromatic N) is 4. The second-order valence-corrected chi connectivity index (χ2v) is 9.90. The average molecular weight is 516 g/mol. The number of phenolic OH excluding ortho intramolecular Hbond substituents is 1. The lowest BCUT2D eigenvalue weighted by atomic mass is 9.98. The molecule has 0 unspecified atom stereocenters. The zero-order valence-electron chi connectivity index (χ0n) is 22.3. The van der Waals surface area contributed by atoms with Gasteiger partial charge in [-0.15, -0.1) is 5.10 Å². The highest BCUT2D eigenvalue weighted by Crippen LogP contribution is 2.37. The number of amides is 2. The van der Waals surface area contributed by atoms with Crippen molar-refractivity contribution in [1.82, 2.24) is 20.3 Å². The van der Waals surface area contributed by atoms with Gasteiger partial charge in [-0.2, -0.15) is 0 Å². The molecule has 0 saturated carbocycles. The van der Waals surface area contributed by atoms with E-state index in [1.807, 2.05) is 64.1 Å². The molecule has 198 valence electrons. The van der Waals surface area contributed by atoms with E-state index in [2.05, 4.69) is 15.6 Å². The van der Waals surface area contributed by atoms with E-state index in [0.29, 0.717) is 34.5 Å². The molecule has 0 aliphatic carbocycles. The lowest BCUT2D eigenvalue weighted by Gasteiger charge is -2.35. The number of para-hydroxylation sites is 1. The van der Waals surface area contributed by atoms with E-state index < -0.39 is 11.6 Å². The van der Waals surface area contributed by atoms with Gasteiger partial charge in [0, 0.05) is 5.54 Å². The Hall–Kier alpha value is -4.40. The standard InChI is InChI=1S/C29H33N5O4/c1-6-29(3,4)30-28(37)27(20-12-14-21(35)15-13-20)34(24-17-19(2)11-16-25(24)38-5)26(36)18-33-23-10-8-7-9-22(23)31-32-33/h7-17,27,35H,6,18H2,1-5H3,(H,30,37)/t27-/m0/s1. The van der Waals surface area contributed by atoms with E-state index in [1.54, 1.807) is 18.2 Å². The Morgan fingerprint density at radius 3 is 2.50 bits per heavy atom. The summed E-state index contributed by atoms with van der Waals surface area (Å²) in [6.45, 7) is 7.60. The maximum Gasteiger partial charge on any atom is 0.249 e. The van der Waals surface area contributed by atoms with Crippen molar-refractivity contribution in [2.45, 2.75) is 52.2 Å². The molecule has 0 aliphatic heterocycles. The number of fused-ring (bicyclic) bond motifs is 1. The van der Waals surface area contributed by atoms with Crippen LogP contribution in [0, 0.1) is 6.92 Å². The maximum atomic E-state index is 14.2. The van der Waals surface area contributed by atoms with Gasteiger partial charge in [0.2, 0.25) is 11.8 Å². The van der Waals surface area contributed by atoms with Crippen LogP contribution in [0.15, 0.2) is 66.7 Å². The summed E-state index contributed by atoms with van der Waals surface area (Å²) < 4.78 is 7.17. The molecule has 0 radical (unpaired) electrons. The van der Waals surface area contributed by atoms with Crippen molar-refractivity contribution in [3.05, 3.63) is 77.9 Å². The number of hydrogen-bond acceptors (Lipinski definition) is 6. The predicted octanol–water partition coefficient (Wildman–Crippen LogP) is 4.53. The molecule has 38 heavy (non-hydrogen) atoms. The van der Waals surface area contributed by atoms with Gasteiger partial charge < -0.3 is 15.2 Å². The van der Waals surface area contributed by atoms with E-state index in [1.165, 1.54) is 28.8 Å². The quantitative estimate of drug-likeness (QED) is 0.339. The molecule has 4 rings (SSSR count). The third-order valence-corrected chi connectivity index (χ3v) is 6.63. The van der Waals surface area contributed by atoms with Gasteiger partial charge in [-0.25, -0.2) is 4.68 Å². The van der Waals surface area contributed by atoms with Crippen LogP contribution in [0.5, 0.6) is 11.5 Å². The summed E-state index contributed by atoms with van der Waals surface area (Å²) in [6, 6.07) is 18.1. The van der Waals surface area contributed by atoms with Gasteiger partial charge in [0.05, 0.1) is 18.3 Å². The summed E-state index contributed by atoms with van der Waals surface area (Å²) in [7, 11) is 1.53. The normalized spacial score (nSPS) is 12.2. The average Bonchev–Trinajstić information content (AvgIpc) is 3.30. The summed E-state index contributed by atoms with van der Waals surface area (Å²) in [4.78, 5) is 29.6. The number of anilines is 1. The third kappa shape index (κ3) is 5.61. The Labute approximate surface area is 222 Å². The molecule has 3 aromatic carbocycles. The fraction of sp³-hybridized carbons (Fsp3) is 0.310. The Kier molecular flexibility index (Phi) is 7.66. The van der Waals surface area contributed by atoms with Crippen molar-refractivity contribution in [3.63, 3.8) is 0 Å². The van der Waals surface area contributed by atoms with Crippen LogP contribution >= 0.6 is 0 Å². The molecule has 0 spiro atoms. The third-order valence-electron chi connectivity index (χ3n) is 6.63. The lowest BCUT2D eigenvalue weighted by molar-refractivity contribution is -0.128. The minimum atomic E-state index is -1.06. The van der Waals surface area contributed by atoms with E-state index in [-0.39, 0.29) is 24.1 Å². The Balaban J connectivity index is 1.88. The van der Waals surface area contributed by atoms with Crippen LogP contribution < -0.4 is 15.0 Å². The Morgan fingerprint density at radius 1 is 1.11 bits per heavy atom. The van der Waals surface area contributed by atoms with Crippen molar-refractivity contribution in [2.24, 2.45) is 0 Å². The molecule has 1 atom stereocenters. The summed E-state index contributed by atoms with van der Waals surface area (Å²) in [5.74, 6) is -0.240. The summed E-state index contributed by atoms with van der Waals surface area (Å²) >= 11 is 0. The van der Waals surface area contributed by atoms with Crippen molar-refractivity contribution >= 4 is 28.5 Å². The highest BCUT2D eigenvalue weighted by atomic mass is 16.5. The number of hydrogen-bond donors (Lipinski definition) is 2. The monoisotopic (exact) mass is 515 g/mol. The van der Waals surface area contributed by atoms with Gasteiger partial charge in [-0.3, -0.25) is 14.5 Å². The largest absolute Gasteiger partial charge is 0.508 e. The zero-order chi connectivity index (χ0) is 27.4. The van der Waals surface area contributed by atoms with Gasteiger partial charge in [-0.1, -0.05) is 42.5 Å². The molecule has 1 aromatic heterocycles. The minimum absolute atomic E-state index is 0.0573. The SMILES string of the molecule is CCC(C)(C)NC(=O)[C@H](c1ccc(O)cc1)N(C(=O)Cn1nnc2ccccc21)c1cc(C)ccc1OC. The number of aromatic hydroxyl groups is 1. The van der Waals surface area contributed by atoms with Crippen LogP contribution in [0.3, 0.4) is 0 Å². The fourth-order valence-electron chi connectivity index (χ4n) is 4.21. The summed E-state index contributed by atoms with van der Waals surface area (Å²) in [6.07, 6.45) is 0.688. The molecule has 9 heteroatoms. The predicted molar refractivity (Wildman–Crippen MR) is 146 cm³/mol.